The van der Waals surface area contributed by atoms with Gasteiger partial charge in [0.15, 0.2) is 5.75 Å². The van der Waals surface area contributed by atoms with Crippen molar-refractivity contribution in [2.75, 3.05) is 5.43 Å². The van der Waals surface area contributed by atoms with Gasteiger partial charge in [-0.1, -0.05) is 23.2 Å². The zero-order chi connectivity index (χ0) is 20.1. The van der Waals surface area contributed by atoms with Crippen LogP contribution in [0.5, 0.6) is 11.5 Å². The summed E-state index contributed by atoms with van der Waals surface area (Å²) in [5, 5.41) is 12.6. The summed E-state index contributed by atoms with van der Waals surface area (Å²) in [6, 6.07) is 7.30. The van der Waals surface area contributed by atoms with Crippen LogP contribution in [0.25, 0.3) is 0 Å². The largest absolute Gasteiger partial charge is 0.453 e. The summed E-state index contributed by atoms with van der Waals surface area (Å²) >= 11 is 12.4. The Hall–Kier alpha value is -3.02. The first kappa shape index (κ1) is 20.3. The molecule has 8 nitrogen and oxygen atoms in total. The van der Waals surface area contributed by atoms with E-state index in [4.69, 9.17) is 38.9 Å². The minimum atomic E-state index is -0.970. The SMILES string of the molecule is CC(C)n1cc(Oc2c(Cl)cc(NN=C(C#N)C(N)=O)cc2Cl)ccc1=O. The number of carbonyl (C=O) groups is 1. The number of hydrazone groups is 1. The van der Waals surface area contributed by atoms with Crippen LogP contribution in [0.1, 0.15) is 19.9 Å². The van der Waals surface area contributed by atoms with Crippen molar-refractivity contribution < 1.29 is 9.53 Å². The molecule has 140 valence electrons. The quantitative estimate of drug-likeness (QED) is 0.561. The number of benzene rings is 1. The predicted octanol–water partition coefficient (Wildman–Crippen LogP) is 3.31. The normalized spacial score (nSPS) is 11.2. The van der Waals surface area contributed by atoms with Crippen molar-refractivity contribution in [2.24, 2.45) is 10.8 Å². The Labute approximate surface area is 164 Å². The summed E-state index contributed by atoms with van der Waals surface area (Å²) in [4.78, 5) is 22.8. The zero-order valence-electron chi connectivity index (χ0n) is 14.4. The van der Waals surface area contributed by atoms with Crippen LogP contribution in [0.4, 0.5) is 5.69 Å². The molecule has 0 aliphatic rings. The molecule has 0 aliphatic heterocycles. The number of pyridine rings is 1. The molecule has 1 aromatic heterocycles. The van der Waals surface area contributed by atoms with Gasteiger partial charge in [-0.15, -0.1) is 0 Å². The topological polar surface area (TPSA) is 122 Å². The van der Waals surface area contributed by atoms with Crippen molar-refractivity contribution in [3.63, 3.8) is 0 Å². The van der Waals surface area contributed by atoms with Crippen molar-refractivity contribution in [1.29, 1.82) is 5.26 Å². The van der Waals surface area contributed by atoms with Gasteiger partial charge in [0, 0.05) is 12.1 Å². The van der Waals surface area contributed by atoms with E-state index in [0.29, 0.717) is 11.4 Å². The third kappa shape index (κ3) is 5.00. The van der Waals surface area contributed by atoms with Crippen molar-refractivity contribution in [2.45, 2.75) is 19.9 Å². The molecule has 0 atom stereocenters. The maximum atomic E-state index is 11.8. The van der Waals surface area contributed by atoms with Crippen molar-refractivity contribution >= 4 is 40.5 Å². The molecule has 0 spiro atoms. The smallest absolute Gasteiger partial charge is 0.280 e. The second-order valence-corrected chi connectivity index (χ2v) is 6.44. The lowest BCUT2D eigenvalue weighted by atomic mass is 10.3. The standard InChI is InChI=1S/C17H15Cl2N5O3/c1-9(2)24-8-11(3-4-15(24)25)27-16-12(18)5-10(6-13(16)19)22-23-14(7-20)17(21)26/h3-6,8-9,22H,1-2H3,(H2,21,26). The van der Waals surface area contributed by atoms with Gasteiger partial charge < -0.3 is 15.0 Å². The van der Waals surface area contributed by atoms with E-state index in [1.54, 1.807) is 12.3 Å². The fourth-order valence-electron chi connectivity index (χ4n) is 2.04. The minimum Gasteiger partial charge on any atom is -0.453 e. The summed E-state index contributed by atoms with van der Waals surface area (Å²) in [7, 11) is 0. The second kappa shape index (κ2) is 8.58. The number of nitrogens with zero attached hydrogens (tertiary/aromatic N) is 3. The van der Waals surface area contributed by atoms with E-state index >= 15 is 0 Å². The van der Waals surface area contributed by atoms with E-state index < -0.39 is 11.6 Å². The van der Waals surface area contributed by atoms with E-state index in [0.717, 1.165) is 0 Å². The number of hydrogen-bond donors (Lipinski definition) is 2. The Bertz CT molecular complexity index is 985. The molecule has 2 aromatic rings. The molecule has 10 heteroatoms. The molecule has 1 amide bonds. The molecule has 0 fully saturated rings. The average Bonchev–Trinajstić information content (AvgIpc) is 2.59. The number of anilines is 1. The van der Waals surface area contributed by atoms with Gasteiger partial charge >= 0.3 is 0 Å². The van der Waals surface area contributed by atoms with Crippen LogP contribution >= 0.6 is 23.2 Å². The molecule has 0 saturated carbocycles. The molecule has 1 heterocycles. The molecule has 27 heavy (non-hydrogen) atoms. The van der Waals surface area contributed by atoms with Crippen molar-refractivity contribution in [1.82, 2.24) is 4.57 Å². The highest BCUT2D eigenvalue weighted by molar-refractivity contribution is 6.44. The van der Waals surface area contributed by atoms with Crippen LogP contribution in [-0.2, 0) is 4.79 Å². The maximum Gasteiger partial charge on any atom is 0.280 e. The highest BCUT2D eigenvalue weighted by atomic mass is 35.5. The van der Waals surface area contributed by atoms with Gasteiger partial charge in [0.1, 0.15) is 11.8 Å². The lowest BCUT2D eigenvalue weighted by Crippen LogP contribution is -2.22. The first-order valence-electron chi connectivity index (χ1n) is 7.65. The van der Waals surface area contributed by atoms with E-state index in [9.17, 15) is 9.59 Å². The molecule has 3 N–H and O–H groups in total. The Balaban J connectivity index is 2.30. The van der Waals surface area contributed by atoms with Crippen LogP contribution in [0.2, 0.25) is 10.0 Å². The van der Waals surface area contributed by atoms with Crippen LogP contribution in [0.3, 0.4) is 0 Å². The number of hydrogen-bond acceptors (Lipinski definition) is 6. The highest BCUT2D eigenvalue weighted by Gasteiger charge is 2.13. The molecule has 1 aromatic carbocycles. The zero-order valence-corrected chi connectivity index (χ0v) is 15.9. The van der Waals surface area contributed by atoms with Crippen molar-refractivity contribution in [3.05, 3.63) is 50.9 Å². The molecular weight excluding hydrogens is 393 g/mol. The molecule has 0 unspecified atom stereocenters. The van der Waals surface area contributed by atoms with Crippen LogP contribution in [0, 0.1) is 11.3 Å². The number of primary amides is 1. The van der Waals surface area contributed by atoms with Crippen LogP contribution < -0.4 is 21.5 Å². The van der Waals surface area contributed by atoms with E-state index in [1.807, 2.05) is 13.8 Å². The van der Waals surface area contributed by atoms with Gasteiger partial charge in [-0.25, -0.2) is 0 Å². The van der Waals surface area contributed by atoms with Crippen LogP contribution in [0.15, 0.2) is 40.4 Å². The van der Waals surface area contributed by atoms with Crippen molar-refractivity contribution in [3.8, 4) is 17.6 Å². The van der Waals surface area contributed by atoms with Gasteiger partial charge in [0.2, 0.25) is 5.71 Å². The van der Waals surface area contributed by atoms with E-state index in [2.05, 4.69) is 10.5 Å². The van der Waals surface area contributed by atoms with Gasteiger partial charge in [-0.05, 0) is 32.0 Å². The van der Waals surface area contributed by atoms with E-state index in [-0.39, 0.29) is 27.4 Å². The summed E-state index contributed by atoms with van der Waals surface area (Å²) in [6.07, 6.45) is 1.56. The number of aromatic nitrogens is 1. The van der Waals surface area contributed by atoms with Crippen LogP contribution in [-0.4, -0.2) is 16.2 Å². The Morgan fingerprint density at radius 1 is 1.33 bits per heavy atom. The Kier molecular flexibility index (Phi) is 6.45. The van der Waals surface area contributed by atoms with Gasteiger partial charge in [0.25, 0.3) is 11.5 Å². The summed E-state index contributed by atoms with van der Waals surface area (Å²) in [5.74, 6) is -0.411. The third-order valence-electron chi connectivity index (χ3n) is 3.32. The van der Waals surface area contributed by atoms with Gasteiger partial charge in [-0.3, -0.25) is 15.0 Å². The van der Waals surface area contributed by atoms with Gasteiger partial charge in [-0.2, -0.15) is 10.4 Å². The summed E-state index contributed by atoms with van der Waals surface area (Å²) in [6.45, 7) is 3.74. The lowest BCUT2D eigenvalue weighted by molar-refractivity contribution is -0.111. The second-order valence-electron chi connectivity index (χ2n) is 5.62. The van der Waals surface area contributed by atoms with Gasteiger partial charge in [0.05, 0.1) is 21.9 Å². The number of ether oxygens (including phenoxy) is 1. The average molecular weight is 408 g/mol. The first-order chi connectivity index (χ1) is 12.7. The number of nitriles is 1. The molecule has 0 saturated heterocycles. The molecule has 0 aliphatic carbocycles. The maximum absolute atomic E-state index is 11.8. The molecular formula is C17H15Cl2N5O3. The monoisotopic (exact) mass is 407 g/mol. The number of nitrogens with two attached hydrogens (primary N) is 1. The molecule has 0 radical (unpaired) electrons. The fraction of sp³-hybridized carbons (Fsp3) is 0.176. The van der Waals surface area contributed by atoms with E-state index in [1.165, 1.54) is 28.8 Å². The number of rotatable bonds is 6. The molecule has 2 rings (SSSR count). The number of halogens is 2. The number of carbonyl (C=O) groups excluding carboxylic acids is 1. The fourth-order valence-corrected chi connectivity index (χ4v) is 2.61. The lowest BCUT2D eigenvalue weighted by Gasteiger charge is -2.14. The third-order valence-corrected chi connectivity index (χ3v) is 3.88. The molecule has 0 bridgehead atoms. The predicted molar refractivity (Wildman–Crippen MR) is 103 cm³/mol. The number of nitrogens with one attached hydrogen (secondary N) is 1. The first-order valence-corrected chi connectivity index (χ1v) is 8.41. The Morgan fingerprint density at radius 3 is 2.48 bits per heavy atom. The minimum absolute atomic E-state index is 0.0454. The summed E-state index contributed by atoms with van der Waals surface area (Å²) < 4.78 is 7.22. The summed E-state index contributed by atoms with van der Waals surface area (Å²) in [5.41, 5.74) is 7.13. The number of amides is 1. The highest BCUT2D eigenvalue weighted by Crippen LogP contribution is 2.38. The Morgan fingerprint density at radius 2 is 1.96 bits per heavy atom.